The predicted octanol–water partition coefficient (Wildman–Crippen LogP) is 6.60. The molecule has 3 rings (SSSR count). The average molecular weight is 503 g/mol. The second kappa shape index (κ2) is 11.6. The molecule has 0 saturated carbocycles. The summed E-state index contributed by atoms with van der Waals surface area (Å²) in [6.45, 7) is 3.93. The van der Waals surface area contributed by atoms with Gasteiger partial charge in [-0.15, -0.1) is 11.8 Å². The third-order valence-corrected chi connectivity index (χ3v) is 7.98. The van der Waals surface area contributed by atoms with E-state index >= 15 is 0 Å². The van der Waals surface area contributed by atoms with E-state index in [0.717, 1.165) is 24.2 Å². The van der Waals surface area contributed by atoms with Crippen molar-refractivity contribution in [3.8, 4) is 0 Å². The van der Waals surface area contributed by atoms with Crippen LogP contribution < -0.4 is 10.0 Å². The summed E-state index contributed by atoms with van der Waals surface area (Å²) in [5.41, 5.74) is 2.21. The van der Waals surface area contributed by atoms with Crippen LogP contribution in [-0.4, -0.2) is 19.6 Å². The minimum atomic E-state index is -3.73. The molecule has 0 aliphatic carbocycles. The lowest BCUT2D eigenvalue weighted by Crippen LogP contribution is -2.22. The molecule has 1 amide bonds. The summed E-state index contributed by atoms with van der Waals surface area (Å²) in [5.74, 6) is -0.197. The highest BCUT2D eigenvalue weighted by molar-refractivity contribution is 8.00. The number of unbranched alkanes of at least 4 members (excludes halogenated alkanes) is 1. The van der Waals surface area contributed by atoms with Gasteiger partial charge < -0.3 is 5.32 Å². The quantitative estimate of drug-likeness (QED) is 0.306. The Morgan fingerprint density at radius 1 is 0.970 bits per heavy atom. The van der Waals surface area contributed by atoms with Crippen molar-refractivity contribution in [3.05, 3.63) is 83.4 Å². The Labute approximate surface area is 205 Å². The van der Waals surface area contributed by atoms with Crippen LogP contribution in [0.1, 0.15) is 32.3 Å². The Kier molecular flexibility index (Phi) is 8.83. The number of amides is 1. The lowest BCUT2D eigenvalue weighted by molar-refractivity contribution is -0.115. The Bertz CT molecular complexity index is 1180. The van der Waals surface area contributed by atoms with Crippen LogP contribution >= 0.6 is 23.4 Å². The van der Waals surface area contributed by atoms with Gasteiger partial charge in [0.15, 0.2) is 0 Å². The zero-order valence-electron chi connectivity index (χ0n) is 18.5. The minimum absolute atomic E-state index is 0.119. The van der Waals surface area contributed by atoms with Crippen LogP contribution in [0.25, 0.3) is 0 Å². The average Bonchev–Trinajstić information content (AvgIpc) is 2.80. The van der Waals surface area contributed by atoms with Crippen LogP contribution in [0.5, 0.6) is 0 Å². The SMILES string of the molecule is CCCCc1ccc(NS(=O)(=O)c2ccc(NC(=O)[C@@H](C)Sc3ccccc3Cl)cc2)cc1. The molecule has 0 heterocycles. The second-order valence-electron chi connectivity index (χ2n) is 7.61. The van der Waals surface area contributed by atoms with Crippen LogP contribution in [0.15, 0.2) is 82.6 Å². The van der Waals surface area contributed by atoms with E-state index in [1.807, 2.05) is 30.3 Å². The largest absolute Gasteiger partial charge is 0.325 e. The van der Waals surface area contributed by atoms with Gasteiger partial charge >= 0.3 is 0 Å². The third kappa shape index (κ3) is 7.25. The van der Waals surface area contributed by atoms with Gasteiger partial charge in [-0.1, -0.05) is 49.2 Å². The normalized spacial score (nSPS) is 12.2. The molecule has 0 saturated heterocycles. The summed E-state index contributed by atoms with van der Waals surface area (Å²) in [4.78, 5) is 13.5. The number of anilines is 2. The topological polar surface area (TPSA) is 75.3 Å². The van der Waals surface area contributed by atoms with Crippen LogP contribution in [-0.2, 0) is 21.2 Å². The van der Waals surface area contributed by atoms with Gasteiger partial charge in [0.1, 0.15) is 0 Å². The van der Waals surface area contributed by atoms with Crippen molar-refractivity contribution in [3.63, 3.8) is 0 Å². The van der Waals surface area contributed by atoms with Gasteiger partial charge in [0.2, 0.25) is 5.91 Å². The Morgan fingerprint density at radius 2 is 1.61 bits per heavy atom. The van der Waals surface area contributed by atoms with Gasteiger partial charge in [-0.05, 0) is 73.9 Å². The number of aryl methyl sites for hydroxylation is 1. The first-order valence-corrected chi connectivity index (χ1v) is 13.5. The van der Waals surface area contributed by atoms with Crippen LogP contribution in [0.2, 0.25) is 5.02 Å². The van der Waals surface area contributed by atoms with Gasteiger partial charge in [-0.2, -0.15) is 0 Å². The molecule has 3 aromatic carbocycles. The molecule has 174 valence electrons. The fourth-order valence-corrected chi connectivity index (χ4v) is 5.29. The van der Waals surface area contributed by atoms with Crippen molar-refractivity contribution >= 4 is 50.7 Å². The number of nitrogens with one attached hydrogen (secondary N) is 2. The smallest absolute Gasteiger partial charge is 0.261 e. The fraction of sp³-hybridized carbons (Fsp3) is 0.240. The van der Waals surface area contributed by atoms with Crippen LogP contribution in [0, 0.1) is 0 Å². The lowest BCUT2D eigenvalue weighted by Gasteiger charge is -2.13. The highest BCUT2D eigenvalue weighted by atomic mass is 35.5. The summed E-state index contributed by atoms with van der Waals surface area (Å²) >= 11 is 7.53. The Morgan fingerprint density at radius 3 is 2.24 bits per heavy atom. The number of sulfonamides is 1. The second-order valence-corrected chi connectivity index (χ2v) is 11.1. The third-order valence-electron chi connectivity index (χ3n) is 4.97. The lowest BCUT2D eigenvalue weighted by atomic mass is 10.1. The number of carbonyl (C=O) groups is 1. The predicted molar refractivity (Wildman–Crippen MR) is 138 cm³/mol. The fourth-order valence-electron chi connectivity index (χ4n) is 3.08. The molecule has 0 spiro atoms. The number of hydrogen-bond acceptors (Lipinski definition) is 4. The monoisotopic (exact) mass is 502 g/mol. The standard InChI is InChI=1S/C25H27ClN2O3S2/c1-3-4-7-19-10-12-21(13-11-19)28-33(30,31)22-16-14-20(15-17-22)27-25(29)18(2)32-24-9-6-5-8-23(24)26/h5-6,8-18,28H,3-4,7H2,1-2H3,(H,27,29)/t18-/m1/s1. The van der Waals surface area contributed by atoms with Crippen LogP contribution in [0.3, 0.4) is 0 Å². The highest BCUT2D eigenvalue weighted by Gasteiger charge is 2.17. The van der Waals surface area contributed by atoms with Gasteiger partial charge in [-0.25, -0.2) is 8.42 Å². The molecular formula is C25H27ClN2O3S2. The van der Waals surface area contributed by atoms with E-state index in [0.29, 0.717) is 16.4 Å². The first kappa shape index (κ1) is 25.1. The molecule has 1 atom stereocenters. The summed E-state index contributed by atoms with van der Waals surface area (Å²) in [6, 6.07) is 20.9. The van der Waals surface area contributed by atoms with E-state index in [2.05, 4.69) is 17.0 Å². The molecule has 0 aliphatic heterocycles. The van der Waals surface area contributed by atoms with Crippen molar-refractivity contribution in [1.29, 1.82) is 0 Å². The molecule has 0 radical (unpaired) electrons. The zero-order chi connectivity index (χ0) is 23.8. The molecule has 0 bridgehead atoms. The van der Waals surface area contributed by atoms with Gasteiger partial charge in [0.05, 0.1) is 15.2 Å². The molecule has 8 heteroatoms. The molecule has 5 nitrogen and oxygen atoms in total. The maximum absolute atomic E-state index is 12.7. The van der Waals surface area contributed by atoms with E-state index in [9.17, 15) is 13.2 Å². The minimum Gasteiger partial charge on any atom is -0.325 e. The summed E-state index contributed by atoms with van der Waals surface area (Å²) in [6.07, 6.45) is 3.20. The summed E-state index contributed by atoms with van der Waals surface area (Å²) < 4.78 is 28.0. The number of benzene rings is 3. The van der Waals surface area contributed by atoms with Crippen molar-refractivity contribution in [2.24, 2.45) is 0 Å². The number of hydrogen-bond donors (Lipinski definition) is 2. The molecule has 0 aromatic heterocycles. The molecule has 2 N–H and O–H groups in total. The molecule has 0 fully saturated rings. The van der Waals surface area contributed by atoms with E-state index in [1.54, 1.807) is 37.3 Å². The number of halogens is 1. The molecular weight excluding hydrogens is 476 g/mol. The number of carbonyl (C=O) groups excluding carboxylic acids is 1. The zero-order valence-corrected chi connectivity index (χ0v) is 20.9. The first-order chi connectivity index (χ1) is 15.8. The molecule has 3 aromatic rings. The maximum Gasteiger partial charge on any atom is 0.261 e. The van der Waals surface area contributed by atoms with E-state index < -0.39 is 10.0 Å². The first-order valence-electron chi connectivity index (χ1n) is 10.7. The van der Waals surface area contributed by atoms with E-state index in [1.165, 1.54) is 29.5 Å². The maximum atomic E-state index is 12.7. The van der Waals surface area contributed by atoms with Gasteiger partial charge in [0.25, 0.3) is 10.0 Å². The van der Waals surface area contributed by atoms with Gasteiger partial charge in [-0.3, -0.25) is 9.52 Å². The van der Waals surface area contributed by atoms with Crippen molar-refractivity contribution in [1.82, 2.24) is 0 Å². The number of thioether (sulfide) groups is 1. The Hall–Kier alpha value is -2.48. The van der Waals surface area contributed by atoms with Crippen molar-refractivity contribution < 1.29 is 13.2 Å². The van der Waals surface area contributed by atoms with Crippen molar-refractivity contribution in [2.45, 2.75) is 48.2 Å². The van der Waals surface area contributed by atoms with Crippen LogP contribution in [0.4, 0.5) is 11.4 Å². The summed E-state index contributed by atoms with van der Waals surface area (Å²) in [7, 11) is -3.73. The molecule has 33 heavy (non-hydrogen) atoms. The number of rotatable bonds is 10. The Balaban J connectivity index is 1.60. The van der Waals surface area contributed by atoms with Gasteiger partial charge in [0, 0.05) is 16.3 Å². The van der Waals surface area contributed by atoms with E-state index in [-0.39, 0.29) is 16.1 Å². The van der Waals surface area contributed by atoms with E-state index in [4.69, 9.17) is 11.6 Å². The summed E-state index contributed by atoms with van der Waals surface area (Å²) in [5, 5.41) is 3.03. The molecule has 0 aliphatic rings. The van der Waals surface area contributed by atoms with Crippen molar-refractivity contribution in [2.75, 3.05) is 10.0 Å². The molecule has 0 unspecified atom stereocenters. The highest BCUT2D eigenvalue weighted by Crippen LogP contribution is 2.30.